The molecule has 0 radical (unpaired) electrons. The first kappa shape index (κ1) is 10.4. The monoisotopic (exact) mass is 154 g/mol. The molecule has 0 heterocycles. The van der Waals surface area contributed by atoms with Crippen molar-refractivity contribution in [2.45, 2.75) is 13.8 Å². The molecule has 0 aliphatic heterocycles. The number of hydrogen-bond acceptors (Lipinski definition) is 2. The second kappa shape index (κ2) is 6.10. The fourth-order valence-corrected chi connectivity index (χ4v) is 1.000. The largest absolute Gasteiger partial charge is 0.302 e. The van der Waals surface area contributed by atoms with Crippen LogP contribution in [0.15, 0.2) is 17.3 Å². The Balaban J connectivity index is 3.43. The Morgan fingerprint density at radius 3 is 2.64 bits per heavy atom. The van der Waals surface area contributed by atoms with Crippen molar-refractivity contribution in [1.29, 1.82) is 0 Å². The zero-order valence-corrected chi connectivity index (χ0v) is 7.75. The Kier molecular flexibility index (Phi) is 5.75. The van der Waals surface area contributed by atoms with Gasteiger partial charge in [0.2, 0.25) is 0 Å². The van der Waals surface area contributed by atoms with E-state index in [0.29, 0.717) is 0 Å². The van der Waals surface area contributed by atoms with Crippen molar-refractivity contribution in [3.05, 3.63) is 12.3 Å². The van der Waals surface area contributed by atoms with Crippen molar-refractivity contribution in [2.24, 2.45) is 10.9 Å². The van der Waals surface area contributed by atoms with E-state index in [1.807, 2.05) is 6.08 Å². The van der Waals surface area contributed by atoms with Gasteiger partial charge in [0.05, 0.1) is 0 Å². The third-order valence-electron chi connectivity index (χ3n) is 1.30. The van der Waals surface area contributed by atoms with Crippen LogP contribution in [0.2, 0.25) is 0 Å². The summed E-state index contributed by atoms with van der Waals surface area (Å²) < 4.78 is 0. The van der Waals surface area contributed by atoms with Crippen LogP contribution in [0.1, 0.15) is 13.8 Å². The lowest BCUT2D eigenvalue weighted by atomic mass is 10.2. The van der Waals surface area contributed by atoms with E-state index in [2.05, 4.69) is 37.5 Å². The van der Waals surface area contributed by atoms with Gasteiger partial charge in [0.1, 0.15) is 0 Å². The normalized spacial score (nSPS) is 11.7. The van der Waals surface area contributed by atoms with Gasteiger partial charge < -0.3 is 4.90 Å². The van der Waals surface area contributed by atoms with Gasteiger partial charge in [-0.1, -0.05) is 19.9 Å². The third kappa shape index (κ3) is 7.26. The minimum absolute atomic E-state index is 0.727. The Morgan fingerprint density at radius 2 is 2.18 bits per heavy atom. The lowest BCUT2D eigenvalue weighted by molar-refractivity contribution is 0.324. The zero-order chi connectivity index (χ0) is 8.69. The van der Waals surface area contributed by atoms with Crippen LogP contribution in [0.3, 0.4) is 0 Å². The van der Waals surface area contributed by atoms with Gasteiger partial charge in [-0.25, -0.2) is 0 Å². The van der Waals surface area contributed by atoms with Crippen LogP contribution in [0.4, 0.5) is 0 Å². The van der Waals surface area contributed by atoms with Gasteiger partial charge in [-0.3, -0.25) is 4.99 Å². The summed E-state index contributed by atoms with van der Waals surface area (Å²) in [6.45, 7) is 9.87. The molecule has 11 heavy (non-hydrogen) atoms. The lowest BCUT2D eigenvalue weighted by Gasteiger charge is -2.16. The number of likely N-dealkylation sites (N-methyl/N-ethyl adjacent to an activating group) is 1. The summed E-state index contributed by atoms with van der Waals surface area (Å²) in [7, 11) is 2.10. The van der Waals surface area contributed by atoms with Gasteiger partial charge in [-0.05, 0) is 19.7 Å². The third-order valence-corrected chi connectivity index (χ3v) is 1.30. The molecule has 0 aromatic rings. The van der Waals surface area contributed by atoms with Crippen LogP contribution in [0.5, 0.6) is 0 Å². The second-order valence-electron chi connectivity index (χ2n) is 3.18. The highest BCUT2D eigenvalue weighted by atomic mass is 15.1. The molecule has 0 spiro atoms. The molecule has 64 valence electrons. The molecule has 2 heteroatoms. The molecule has 0 saturated heterocycles. The molecule has 0 N–H and O–H groups in total. The van der Waals surface area contributed by atoms with Crippen molar-refractivity contribution in [3.8, 4) is 0 Å². The van der Waals surface area contributed by atoms with Crippen molar-refractivity contribution in [3.63, 3.8) is 0 Å². The molecule has 0 rings (SSSR count). The van der Waals surface area contributed by atoms with Gasteiger partial charge in [0.15, 0.2) is 0 Å². The van der Waals surface area contributed by atoms with Gasteiger partial charge in [0.25, 0.3) is 0 Å². The van der Waals surface area contributed by atoms with Crippen molar-refractivity contribution in [1.82, 2.24) is 4.90 Å². The molecule has 0 unspecified atom stereocenters. The summed E-state index contributed by atoms with van der Waals surface area (Å²) >= 11 is 0. The molecule has 0 amide bonds. The molecule has 0 atom stereocenters. The van der Waals surface area contributed by atoms with Crippen molar-refractivity contribution < 1.29 is 0 Å². The standard InChI is InChI=1S/C9H18N2/c1-9(2)8-11(4)7-5-6-10-3/h5-6,9H,3,7-8H2,1-2,4H3/b6-5-. The summed E-state index contributed by atoms with van der Waals surface area (Å²) in [5, 5.41) is 0. The molecule has 0 aliphatic rings. The molecular weight excluding hydrogens is 136 g/mol. The second-order valence-corrected chi connectivity index (χ2v) is 3.18. The number of aliphatic imine (C=N–C) groups is 1. The van der Waals surface area contributed by atoms with Crippen LogP contribution in [-0.2, 0) is 0 Å². The van der Waals surface area contributed by atoms with Crippen LogP contribution < -0.4 is 0 Å². The predicted molar refractivity (Wildman–Crippen MR) is 51.0 cm³/mol. The number of rotatable bonds is 5. The number of hydrogen-bond donors (Lipinski definition) is 0. The van der Waals surface area contributed by atoms with Crippen LogP contribution in [0, 0.1) is 5.92 Å². The summed E-state index contributed by atoms with van der Waals surface area (Å²) in [4.78, 5) is 5.89. The van der Waals surface area contributed by atoms with Gasteiger partial charge in [-0.2, -0.15) is 0 Å². The van der Waals surface area contributed by atoms with Gasteiger partial charge in [0, 0.05) is 19.3 Å². The molecule has 0 aromatic heterocycles. The minimum atomic E-state index is 0.727. The van der Waals surface area contributed by atoms with E-state index in [1.54, 1.807) is 6.20 Å². The van der Waals surface area contributed by atoms with E-state index in [-0.39, 0.29) is 0 Å². The summed E-state index contributed by atoms with van der Waals surface area (Å²) in [5.41, 5.74) is 0. The average molecular weight is 154 g/mol. The molecular formula is C9H18N2. The maximum absolute atomic E-state index is 3.63. The molecule has 0 aromatic carbocycles. The first-order chi connectivity index (χ1) is 5.16. The van der Waals surface area contributed by atoms with Crippen LogP contribution in [-0.4, -0.2) is 31.8 Å². The molecule has 0 saturated carbocycles. The summed E-state index contributed by atoms with van der Waals surface area (Å²) in [5.74, 6) is 0.727. The van der Waals surface area contributed by atoms with Crippen molar-refractivity contribution >= 4 is 6.72 Å². The summed E-state index contributed by atoms with van der Waals surface area (Å²) in [6.07, 6.45) is 3.74. The fraction of sp³-hybridized carbons (Fsp3) is 0.667. The highest BCUT2D eigenvalue weighted by Crippen LogP contribution is 1.94. The quantitative estimate of drug-likeness (QED) is 0.551. The topological polar surface area (TPSA) is 15.6 Å². The average Bonchev–Trinajstić information content (AvgIpc) is 1.86. The SMILES string of the molecule is C=N/C=C\CN(C)CC(C)C. The summed E-state index contributed by atoms with van der Waals surface area (Å²) in [6, 6.07) is 0. The van der Waals surface area contributed by atoms with E-state index < -0.39 is 0 Å². The lowest BCUT2D eigenvalue weighted by Crippen LogP contribution is -2.23. The highest BCUT2D eigenvalue weighted by Gasteiger charge is 1.97. The smallest absolute Gasteiger partial charge is 0.0233 e. The Hall–Kier alpha value is -0.630. The first-order valence-electron chi connectivity index (χ1n) is 3.96. The maximum atomic E-state index is 3.63. The zero-order valence-electron chi connectivity index (χ0n) is 7.75. The highest BCUT2D eigenvalue weighted by molar-refractivity contribution is 5.25. The van der Waals surface area contributed by atoms with Crippen molar-refractivity contribution in [2.75, 3.05) is 20.1 Å². The van der Waals surface area contributed by atoms with E-state index in [4.69, 9.17) is 0 Å². The molecule has 0 bridgehead atoms. The van der Waals surface area contributed by atoms with Crippen LogP contribution >= 0.6 is 0 Å². The van der Waals surface area contributed by atoms with Crippen LogP contribution in [0.25, 0.3) is 0 Å². The fourth-order valence-electron chi connectivity index (χ4n) is 1.000. The van der Waals surface area contributed by atoms with E-state index >= 15 is 0 Å². The van der Waals surface area contributed by atoms with Gasteiger partial charge in [-0.15, -0.1) is 0 Å². The van der Waals surface area contributed by atoms with E-state index in [9.17, 15) is 0 Å². The van der Waals surface area contributed by atoms with Gasteiger partial charge >= 0.3 is 0 Å². The molecule has 0 fully saturated rings. The molecule has 2 nitrogen and oxygen atoms in total. The Labute approximate surface area is 69.6 Å². The van der Waals surface area contributed by atoms with E-state index in [1.165, 1.54) is 0 Å². The predicted octanol–water partition coefficient (Wildman–Crippen LogP) is 1.79. The number of nitrogens with zero attached hydrogens (tertiary/aromatic N) is 2. The Bertz CT molecular complexity index is 128. The Morgan fingerprint density at radius 1 is 1.55 bits per heavy atom. The maximum Gasteiger partial charge on any atom is 0.0233 e. The first-order valence-corrected chi connectivity index (χ1v) is 3.96. The molecule has 0 aliphatic carbocycles. The van der Waals surface area contributed by atoms with E-state index in [0.717, 1.165) is 19.0 Å². The minimum Gasteiger partial charge on any atom is -0.302 e.